The molecule has 1 fully saturated rings. The van der Waals surface area contributed by atoms with Gasteiger partial charge in [-0.2, -0.15) is 0 Å². The van der Waals surface area contributed by atoms with Gasteiger partial charge >= 0.3 is 0 Å². The van der Waals surface area contributed by atoms with E-state index in [0.29, 0.717) is 17.9 Å². The molecule has 1 N–H and O–H groups in total. The summed E-state index contributed by atoms with van der Waals surface area (Å²) in [6.07, 6.45) is 1.43. The Balaban J connectivity index is 1.64. The number of carbonyl (C=O) groups is 2. The molecule has 0 aromatic heterocycles. The maximum atomic E-state index is 13.7. The Kier molecular flexibility index (Phi) is 6.28. The molecule has 2 amide bonds. The number of benzene rings is 2. The van der Waals surface area contributed by atoms with Crippen LogP contribution >= 0.6 is 11.8 Å². The van der Waals surface area contributed by atoms with Crippen LogP contribution in [0, 0.1) is 5.82 Å². The summed E-state index contributed by atoms with van der Waals surface area (Å²) in [5, 5.41) is 2.99. The van der Waals surface area contributed by atoms with Gasteiger partial charge in [-0.1, -0.05) is 42.5 Å². The van der Waals surface area contributed by atoms with Crippen molar-refractivity contribution >= 4 is 23.6 Å². The number of hydrogen-bond acceptors (Lipinski definition) is 3. The molecule has 0 saturated carbocycles. The Morgan fingerprint density at radius 1 is 1.15 bits per heavy atom. The van der Waals surface area contributed by atoms with E-state index in [9.17, 15) is 14.0 Å². The molecule has 1 heterocycles. The van der Waals surface area contributed by atoms with Crippen LogP contribution in [0.4, 0.5) is 4.39 Å². The third kappa shape index (κ3) is 4.85. The number of likely N-dealkylation sites (tertiary alicyclic amines) is 1. The van der Waals surface area contributed by atoms with Crippen LogP contribution in [0.1, 0.15) is 24.4 Å². The average molecular weight is 372 g/mol. The van der Waals surface area contributed by atoms with Crippen LogP contribution in [0.15, 0.2) is 59.5 Å². The van der Waals surface area contributed by atoms with E-state index in [-0.39, 0.29) is 29.4 Å². The van der Waals surface area contributed by atoms with Crippen molar-refractivity contribution in [3.63, 3.8) is 0 Å². The van der Waals surface area contributed by atoms with Crippen LogP contribution < -0.4 is 5.32 Å². The highest BCUT2D eigenvalue weighted by molar-refractivity contribution is 8.00. The van der Waals surface area contributed by atoms with Gasteiger partial charge in [0, 0.05) is 24.4 Å². The van der Waals surface area contributed by atoms with E-state index in [1.165, 1.54) is 17.8 Å². The van der Waals surface area contributed by atoms with E-state index in [2.05, 4.69) is 5.32 Å². The van der Waals surface area contributed by atoms with Crippen LogP contribution in [-0.2, 0) is 9.59 Å². The second-order valence-corrected chi connectivity index (χ2v) is 7.21. The first-order valence-corrected chi connectivity index (χ1v) is 9.61. The lowest BCUT2D eigenvalue weighted by Gasteiger charge is -2.25. The Bertz CT molecular complexity index is 769. The molecule has 26 heavy (non-hydrogen) atoms. The number of nitrogens with zero attached hydrogens (tertiary/aromatic N) is 1. The molecule has 0 spiro atoms. The zero-order chi connectivity index (χ0) is 18.4. The summed E-state index contributed by atoms with van der Waals surface area (Å²) in [6, 6.07) is 15.8. The summed E-state index contributed by atoms with van der Waals surface area (Å²) in [5.41, 5.74) is 0.955. The fraction of sp³-hybridized carbons (Fsp3) is 0.300. The average Bonchev–Trinajstić information content (AvgIpc) is 3.06. The summed E-state index contributed by atoms with van der Waals surface area (Å²) in [7, 11) is 0. The van der Waals surface area contributed by atoms with E-state index in [4.69, 9.17) is 0 Å². The first kappa shape index (κ1) is 18.5. The largest absolute Gasteiger partial charge is 0.347 e. The Hall–Kier alpha value is -2.34. The lowest BCUT2D eigenvalue weighted by atomic mass is 10.1. The molecule has 1 aliphatic rings. The maximum Gasteiger partial charge on any atom is 0.230 e. The van der Waals surface area contributed by atoms with Gasteiger partial charge in [-0.3, -0.25) is 9.59 Å². The summed E-state index contributed by atoms with van der Waals surface area (Å²) < 4.78 is 13.7. The number of thioether (sulfide) groups is 1. The summed E-state index contributed by atoms with van der Waals surface area (Å²) >= 11 is 1.17. The first-order valence-electron chi connectivity index (χ1n) is 8.63. The van der Waals surface area contributed by atoms with Gasteiger partial charge in [0.25, 0.3) is 0 Å². The summed E-state index contributed by atoms with van der Waals surface area (Å²) in [6.45, 7) is 1.18. The fourth-order valence-electron chi connectivity index (χ4n) is 2.98. The molecule has 2 aromatic carbocycles. The van der Waals surface area contributed by atoms with Crippen LogP contribution in [-0.4, -0.2) is 35.6 Å². The molecule has 1 saturated heterocycles. The minimum atomic E-state index is -0.326. The molecule has 0 radical (unpaired) electrons. The van der Waals surface area contributed by atoms with Crippen molar-refractivity contribution in [3.05, 3.63) is 66.0 Å². The molecule has 2 aromatic rings. The molecular formula is C20H21FN2O2S. The van der Waals surface area contributed by atoms with Gasteiger partial charge in [0.05, 0.1) is 11.8 Å². The third-order valence-corrected chi connectivity index (χ3v) is 5.36. The maximum absolute atomic E-state index is 13.7. The number of hydrogen-bond donors (Lipinski definition) is 1. The minimum Gasteiger partial charge on any atom is -0.347 e. The van der Waals surface area contributed by atoms with Crippen molar-refractivity contribution in [2.75, 3.05) is 18.8 Å². The molecule has 0 bridgehead atoms. The standard InChI is InChI=1S/C20H21FN2O2S/c21-16-9-4-5-10-18(16)26-14-19(24)22-17(15-7-2-1-3-8-15)13-23-12-6-11-20(23)25/h1-5,7-10,17H,6,11-14H2,(H,22,24). The van der Waals surface area contributed by atoms with E-state index in [1.54, 1.807) is 23.1 Å². The van der Waals surface area contributed by atoms with E-state index in [1.807, 2.05) is 30.3 Å². The van der Waals surface area contributed by atoms with Crippen molar-refractivity contribution in [2.45, 2.75) is 23.8 Å². The van der Waals surface area contributed by atoms with Gasteiger partial charge < -0.3 is 10.2 Å². The van der Waals surface area contributed by atoms with E-state index >= 15 is 0 Å². The smallest absolute Gasteiger partial charge is 0.230 e. The SMILES string of the molecule is O=C(CSc1ccccc1F)NC(CN1CCCC1=O)c1ccccc1. The van der Waals surface area contributed by atoms with Gasteiger partial charge in [-0.05, 0) is 24.1 Å². The zero-order valence-electron chi connectivity index (χ0n) is 14.4. The lowest BCUT2D eigenvalue weighted by Crippen LogP contribution is -2.39. The number of rotatable bonds is 7. The molecule has 4 nitrogen and oxygen atoms in total. The zero-order valence-corrected chi connectivity index (χ0v) is 15.2. The van der Waals surface area contributed by atoms with Crippen LogP contribution in [0.2, 0.25) is 0 Å². The number of amides is 2. The van der Waals surface area contributed by atoms with Crippen LogP contribution in [0.3, 0.4) is 0 Å². The number of nitrogens with one attached hydrogen (secondary N) is 1. The third-order valence-electron chi connectivity index (χ3n) is 4.31. The van der Waals surface area contributed by atoms with Gasteiger partial charge in [0.15, 0.2) is 0 Å². The van der Waals surface area contributed by atoms with Gasteiger partial charge in [0.1, 0.15) is 5.82 Å². The topological polar surface area (TPSA) is 49.4 Å². The second kappa shape index (κ2) is 8.85. The van der Waals surface area contributed by atoms with E-state index < -0.39 is 0 Å². The Morgan fingerprint density at radius 3 is 2.58 bits per heavy atom. The first-order chi connectivity index (χ1) is 12.6. The molecule has 1 atom stereocenters. The lowest BCUT2D eigenvalue weighted by molar-refractivity contribution is -0.128. The Labute approximate surface area is 156 Å². The van der Waals surface area contributed by atoms with Crippen molar-refractivity contribution < 1.29 is 14.0 Å². The summed E-state index contributed by atoms with van der Waals surface area (Å²) in [4.78, 5) is 26.6. The molecule has 1 unspecified atom stereocenters. The van der Waals surface area contributed by atoms with Gasteiger partial charge in [-0.25, -0.2) is 4.39 Å². The molecule has 136 valence electrons. The van der Waals surface area contributed by atoms with Crippen molar-refractivity contribution in [2.24, 2.45) is 0 Å². The molecule has 0 aliphatic carbocycles. The van der Waals surface area contributed by atoms with Gasteiger partial charge in [-0.15, -0.1) is 11.8 Å². The normalized spacial score (nSPS) is 15.1. The predicted octanol–water partition coefficient (Wildman–Crippen LogP) is 3.40. The molecule has 6 heteroatoms. The van der Waals surface area contributed by atoms with Crippen molar-refractivity contribution in [3.8, 4) is 0 Å². The second-order valence-electron chi connectivity index (χ2n) is 6.19. The van der Waals surface area contributed by atoms with Crippen LogP contribution in [0.5, 0.6) is 0 Å². The fourth-order valence-corrected chi connectivity index (χ4v) is 3.73. The summed E-state index contributed by atoms with van der Waals surface area (Å²) in [5.74, 6) is -0.259. The highest BCUT2D eigenvalue weighted by Crippen LogP contribution is 2.22. The number of carbonyl (C=O) groups excluding carboxylic acids is 2. The van der Waals surface area contributed by atoms with Crippen molar-refractivity contribution in [1.29, 1.82) is 0 Å². The van der Waals surface area contributed by atoms with Crippen LogP contribution in [0.25, 0.3) is 0 Å². The molecule has 3 rings (SSSR count). The van der Waals surface area contributed by atoms with E-state index in [0.717, 1.165) is 18.5 Å². The van der Waals surface area contributed by atoms with Crippen molar-refractivity contribution in [1.82, 2.24) is 10.2 Å². The Morgan fingerprint density at radius 2 is 1.88 bits per heavy atom. The number of halogens is 1. The quantitative estimate of drug-likeness (QED) is 0.758. The molecular weight excluding hydrogens is 351 g/mol. The molecule has 1 aliphatic heterocycles. The predicted molar refractivity (Wildman–Crippen MR) is 100 cm³/mol. The highest BCUT2D eigenvalue weighted by Gasteiger charge is 2.25. The van der Waals surface area contributed by atoms with Gasteiger partial charge in [0.2, 0.25) is 11.8 Å². The minimum absolute atomic E-state index is 0.123. The monoisotopic (exact) mass is 372 g/mol. The highest BCUT2D eigenvalue weighted by atomic mass is 32.2.